The number of amides is 1. The van der Waals surface area contributed by atoms with Crippen LogP contribution in [0.15, 0.2) is 29.4 Å². The maximum absolute atomic E-state index is 12.6. The zero-order valence-electron chi connectivity index (χ0n) is 19.7. The maximum atomic E-state index is 12.6. The summed E-state index contributed by atoms with van der Waals surface area (Å²) in [6, 6.07) is 6.91. The number of thioether (sulfide) groups is 1. The minimum Gasteiger partial charge on any atom is -0.325 e. The van der Waals surface area contributed by atoms with E-state index in [0.717, 1.165) is 34.5 Å². The lowest BCUT2D eigenvalue weighted by Gasteiger charge is -2.17. The van der Waals surface area contributed by atoms with Gasteiger partial charge >= 0.3 is 0 Å². The van der Waals surface area contributed by atoms with E-state index in [1.807, 2.05) is 4.40 Å². The number of nitrogens with zero attached hydrogens (tertiary/aromatic N) is 4. The van der Waals surface area contributed by atoms with Gasteiger partial charge in [-0.15, -0.1) is 21.5 Å². The summed E-state index contributed by atoms with van der Waals surface area (Å²) in [4.78, 5) is 31.6. The average molecular weight is 494 g/mol. The number of benzene rings is 1. The van der Waals surface area contributed by atoms with Gasteiger partial charge < -0.3 is 5.32 Å². The number of hydrogen-bond donors (Lipinski definition) is 1. The minimum atomic E-state index is -0.139. The molecule has 5 rings (SSSR count). The van der Waals surface area contributed by atoms with Gasteiger partial charge in [0.25, 0.3) is 0 Å². The maximum Gasteiger partial charge on any atom is 0.234 e. The van der Waals surface area contributed by atoms with Crippen molar-refractivity contribution in [2.75, 3.05) is 11.1 Å². The molecule has 1 aliphatic carbocycles. The van der Waals surface area contributed by atoms with Gasteiger partial charge in [0.1, 0.15) is 10.7 Å². The highest BCUT2D eigenvalue weighted by Gasteiger charge is 2.26. The van der Waals surface area contributed by atoms with Gasteiger partial charge in [-0.05, 0) is 61.9 Å². The summed E-state index contributed by atoms with van der Waals surface area (Å²) in [6.45, 7) is 8.07. The number of ketones is 1. The molecule has 0 fully saturated rings. The predicted octanol–water partition coefficient (Wildman–Crippen LogP) is 5.52. The molecule has 1 aromatic carbocycles. The number of thiophene rings is 1. The molecule has 3 heterocycles. The number of carbonyl (C=O) groups excluding carboxylic acids is 2. The van der Waals surface area contributed by atoms with Gasteiger partial charge in [0.2, 0.25) is 5.91 Å². The third-order valence-corrected chi connectivity index (χ3v) is 8.30. The smallest absolute Gasteiger partial charge is 0.234 e. The Labute approximate surface area is 206 Å². The molecule has 0 aliphatic heterocycles. The molecule has 0 saturated heterocycles. The Hall–Kier alpha value is -2.78. The molecular weight excluding hydrogens is 466 g/mol. The lowest BCUT2D eigenvalue weighted by atomic mass is 9.89. The Kier molecular flexibility index (Phi) is 6.16. The van der Waals surface area contributed by atoms with Gasteiger partial charge in [-0.3, -0.25) is 14.0 Å². The van der Waals surface area contributed by atoms with E-state index < -0.39 is 0 Å². The van der Waals surface area contributed by atoms with Crippen molar-refractivity contribution >= 4 is 56.3 Å². The Morgan fingerprint density at radius 1 is 1.24 bits per heavy atom. The SMILES string of the molecule is CC(=O)c1ccc(NC(=O)CSc2nnc3c4c5c(sc4nc(C(C)C)n23)CC(C)CC5)cc1. The summed E-state index contributed by atoms with van der Waals surface area (Å²) < 4.78 is 2.04. The van der Waals surface area contributed by atoms with Gasteiger partial charge in [-0.25, -0.2) is 4.98 Å². The second-order valence-electron chi connectivity index (χ2n) is 9.27. The van der Waals surface area contributed by atoms with Crippen molar-refractivity contribution < 1.29 is 9.59 Å². The Morgan fingerprint density at radius 2 is 2.00 bits per heavy atom. The number of anilines is 1. The first-order valence-corrected chi connectivity index (χ1v) is 13.3. The first kappa shape index (κ1) is 23.0. The van der Waals surface area contributed by atoms with Crippen LogP contribution in [0.3, 0.4) is 0 Å². The molecule has 0 bridgehead atoms. The molecule has 1 N–H and O–H groups in total. The van der Waals surface area contributed by atoms with E-state index in [-0.39, 0.29) is 23.4 Å². The van der Waals surface area contributed by atoms with E-state index >= 15 is 0 Å². The van der Waals surface area contributed by atoms with Crippen molar-refractivity contribution in [3.8, 4) is 0 Å². The van der Waals surface area contributed by atoms with Crippen molar-refractivity contribution in [1.29, 1.82) is 0 Å². The van der Waals surface area contributed by atoms with E-state index in [2.05, 4.69) is 36.3 Å². The zero-order chi connectivity index (χ0) is 24.0. The monoisotopic (exact) mass is 493 g/mol. The molecule has 1 amide bonds. The van der Waals surface area contributed by atoms with Gasteiger partial charge in [0, 0.05) is 22.0 Å². The van der Waals surface area contributed by atoms with Crippen LogP contribution in [0, 0.1) is 5.92 Å². The van der Waals surface area contributed by atoms with Crippen LogP contribution in [0.4, 0.5) is 5.69 Å². The van der Waals surface area contributed by atoms with Crippen molar-refractivity contribution in [3.63, 3.8) is 0 Å². The summed E-state index contributed by atoms with van der Waals surface area (Å²) in [5, 5.41) is 13.7. The first-order chi connectivity index (χ1) is 16.3. The number of Topliss-reactive ketones (excluding diaryl/α,β-unsaturated/α-hetero) is 1. The van der Waals surface area contributed by atoms with Crippen LogP contribution in [0.1, 0.15) is 66.7 Å². The highest BCUT2D eigenvalue weighted by Crippen LogP contribution is 2.40. The molecule has 3 aromatic heterocycles. The van der Waals surface area contributed by atoms with Crippen LogP contribution in [-0.4, -0.2) is 37.0 Å². The first-order valence-electron chi connectivity index (χ1n) is 11.5. The number of carbonyl (C=O) groups is 2. The molecule has 1 unspecified atom stereocenters. The average Bonchev–Trinajstić information content (AvgIpc) is 3.37. The van der Waals surface area contributed by atoms with Crippen molar-refractivity contribution in [2.24, 2.45) is 5.92 Å². The fourth-order valence-corrected chi connectivity index (χ4v) is 6.56. The molecular formula is C25H27N5O2S2. The van der Waals surface area contributed by atoms with Crippen LogP contribution in [-0.2, 0) is 17.6 Å². The normalized spacial score (nSPS) is 15.7. The number of fused-ring (bicyclic) bond motifs is 5. The summed E-state index contributed by atoms with van der Waals surface area (Å²) in [5.41, 5.74) is 3.50. The highest BCUT2D eigenvalue weighted by atomic mass is 32.2. The number of aromatic nitrogens is 4. The molecule has 0 radical (unpaired) electrons. The predicted molar refractivity (Wildman–Crippen MR) is 137 cm³/mol. The third kappa shape index (κ3) is 4.22. The number of aryl methyl sites for hydroxylation is 1. The second-order valence-corrected chi connectivity index (χ2v) is 11.3. The fourth-order valence-electron chi connectivity index (χ4n) is 4.43. The Bertz CT molecular complexity index is 1400. The second kappa shape index (κ2) is 9.11. The summed E-state index contributed by atoms with van der Waals surface area (Å²) >= 11 is 3.16. The van der Waals surface area contributed by atoms with Gasteiger partial charge in [0.15, 0.2) is 16.6 Å². The van der Waals surface area contributed by atoms with Gasteiger partial charge in [-0.1, -0.05) is 32.5 Å². The molecule has 9 heteroatoms. The van der Waals surface area contributed by atoms with E-state index in [4.69, 9.17) is 4.98 Å². The fraction of sp³-hybridized carbons (Fsp3) is 0.400. The molecule has 176 valence electrons. The van der Waals surface area contributed by atoms with E-state index in [0.29, 0.717) is 22.3 Å². The van der Waals surface area contributed by atoms with Crippen molar-refractivity contribution in [2.45, 2.75) is 58.0 Å². The van der Waals surface area contributed by atoms with Crippen molar-refractivity contribution in [3.05, 3.63) is 46.1 Å². The van der Waals surface area contributed by atoms with E-state index in [9.17, 15) is 9.59 Å². The van der Waals surface area contributed by atoms with Crippen molar-refractivity contribution in [1.82, 2.24) is 19.6 Å². The number of nitrogens with one attached hydrogen (secondary N) is 1. The zero-order valence-corrected chi connectivity index (χ0v) is 21.3. The van der Waals surface area contributed by atoms with Crippen LogP contribution in [0.25, 0.3) is 15.9 Å². The summed E-state index contributed by atoms with van der Waals surface area (Å²) in [7, 11) is 0. The molecule has 0 spiro atoms. The van der Waals surface area contributed by atoms with Crippen LogP contribution in [0.2, 0.25) is 0 Å². The Balaban J connectivity index is 1.43. The van der Waals surface area contributed by atoms with Crippen LogP contribution >= 0.6 is 23.1 Å². The van der Waals surface area contributed by atoms with Crippen LogP contribution < -0.4 is 5.32 Å². The summed E-state index contributed by atoms with van der Waals surface area (Å²) in [5.74, 6) is 1.86. The quantitative estimate of drug-likeness (QED) is 0.281. The highest BCUT2D eigenvalue weighted by molar-refractivity contribution is 7.99. The largest absolute Gasteiger partial charge is 0.325 e. The minimum absolute atomic E-state index is 0.00260. The standard InChI is InChI=1S/C25H27N5O2S2/c1-13(2)22-27-24-21(18-10-5-14(3)11-19(18)34-24)23-28-29-25(30(22)23)33-12-20(32)26-17-8-6-16(7-9-17)15(4)31/h6-9,13-14H,5,10-12H2,1-4H3,(H,26,32). The molecule has 7 nitrogen and oxygen atoms in total. The number of rotatable bonds is 6. The molecule has 4 aromatic rings. The van der Waals surface area contributed by atoms with E-state index in [1.165, 1.54) is 35.5 Å². The topological polar surface area (TPSA) is 89.2 Å². The molecule has 1 atom stereocenters. The molecule has 34 heavy (non-hydrogen) atoms. The van der Waals surface area contributed by atoms with E-state index in [1.54, 1.807) is 35.6 Å². The molecule has 0 saturated carbocycles. The lowest BCUT2D eigenvalue weighted by Crippen LogP contribution is -2.14. The van der Waals surface area contributed by atoms with Gasteiger partial charge in [0.05, 0.1) is 11.1 Å². The van der Waals surface area contributed by atoms with Crippen LogP contribution in [0.5, 0.6) is 0 Å². The molecule has 1 aliphatic rings. The number of hydrogen-bond acceptors (Lipinski definition) is 7. The van der Waals surface area contributed by atoms with Gasteiger partial charge in [-0.2, -0.15) is 0 Å². The lowest BCUT2D eigenvalue weighted by molar-refractivity contribution is -0.113. The third-order valence-electron chi connectivity index (χ3n) is 6.22. The summed E-state index contributed by atoms with van der Waals surface area (Å²) in [6.07, 6.45) is 3.33. The Morgan fingerprint density at radius 3 is 2.71 bits per heavy atom.